The molecule has 190 valence electrons. The van der Waals surface area contributed by atoms with E-state index in [0.29, 0.717) is 17.8 Å². The number of carbonyl (C=O) groups excluding carboxylic acids is 1. The molecule has 0 aliphatic heterocycles. The van der Waals surface area contributed by atoms with Crippen LogP contribution in [0.4, 0.5) is 5.69 Å². The molecular formula is C25H28N4O6S. The van der Waals surface area contributed by atoms with Crippen molar-refractivity contribution in [3.05, 3.63) is 59.8 Å². The predicted molar refractivity (Wildman–Crippen MR) is 133 cm³/mol. The standard InChI is InChI=1S/C25H28N4O6S/c1-4-15(2)23(30)26-18-12-13-20(21(14-18)36(33,34)28-17-10-11-17)35-24-16(3)22(25(31)32)27-29(24)19-8-6-5-7-9-19/h5-9,12-15,17,28H,4,10-11H2,1-3H3,(H,26,30)(H,31,32). The number of hydrogen-bond donors (Lipinski definition) is 3. The van der Waals surface area contributed by atoms with Gasteiger partial charge in [-0.1, -0.05) is 32.0 Å². The molecule has 1 fully saturated rings. The van der Waals surface area contributed by atoms with Gasteiger partial charge in [-0.25, -0.2) is 17.9 Å². The van der Waals surface area contributed by atoms with Gasteiger partial charge in [0.05, 0.1) is 5.69 Å². The smallest absolute Gasteiger partial charge is 0.356 e. The summed E-state index contributed by atoms with van der Waals surface area (Å²) in [5.41, 5.74) is 0.871. The number of carboxylic acid groups (broad SMARTS) is 1. The molecule has 1 saturated carbocycles. The molecule has 1 aliphatic carbocycles. The second-order valence-corrected chi connectivity index (χ2v) is 10.5. The molecule has 11 heteroatoms. The van der Waals surface area contributed by atoms with E-state index < -0.39 is 16.0 Å². The second kappa shape index (κ2) is 10.1. The number of ether oxygens (including phenoxy) is 1. The molecular weight excluding hydrogens is 484 g/mol. The van der Waals surface area contributed by atoms with E-state index in [1.807, 2.05) is 6.92 Å². The highest BCUT2D eigenvalue weighted by molar-refractivity contribution is 7.89. The number of sulfonamides is 1. The van der Waals surface area contributed by atoms with Gasteiger partial charge in [-0.05, 0) is 56.5 Å². The molecule has 2 aromatic carbocycles. The highest BCUT2D eigenvalue weighted by Crippen LogP contribution is 2.36. The van der Waals surface area contributed by atoms with Gasteiger partial charge in [0, 0.05) is 23.2 Å². The van der Waals surface area contributed by atoms with Crippen LogP contribution in [0.3, 0.4) is 0 Å². The van der Waals surface area contributed by atoms with E-state index in [1.165, 1.54) is 16.8 Å². The van der Waals surface area contributed by atoms with Crippen molar-refractivity contribution < 1.29 is 27.9 Å². The van der Waals surface area contributed by atoms with E-state index in [-0.39, 0.29) is 45.6 Å². The summed E-state index contributed by atoms with van der Waals surface area (Å²) in [7, 11) is -4.00. The molecule has 0 spiro atoms. The molecule has 36 heavy (non-hydrogen) atoms. The zero-order valence-corrected chi connectivity index (χ0v) is 21.0. The summed E-state index contributed by atoms with van der Waals surface area (Å²) in [6.07, 6.45) is 2.11. The third-order valence-corrected chi connectivity index (χ3v) is 7.48. The van der Waals surface area contributed by atoms with Gasteiger partial charge in [-0.3, -0.25) is 4.79 Å². The molecule has 4 rings (SSSR count). The fourth-order valence-electron chi connectivity index (χ4n) is 3.47. The molecule has 0 saturated heterocycles. The van der Waals surface area contributed by atoms with Crippen LogP contribution < -0.4 is 14.8 Å². The van der Waals surface area contributed by atoms with Gasteiger partial charge in [0.2, 0.25) is 21.8 Å². The maximum atomic E-state index is 13.3. The molecule has 3 N–H and O–H groups in total. The van der Waals surface area contributed by atoms with Gasteiger partial charge in [-0.15, -0.1) is 0 Å². The van der Waals surface area contributed by atoms with Crippen LogP contribution in [-0.4, -0.2) is 41.2 Å². The zero-order valence-electron chi connectivity index (χ0n) is 20.2. The largest absolute Gasteiger partial charge is 0.476 e. The number of hydrogen-bond acceptors (Lipinski definition) is 6. The topological polar surface area (TPSA) is 140 Å². The number of anilines is 1. The highest BCUT2D eigenvalue weighted by Gasteiger charge is 2.31. The molecule has 1 aliphatic rings. The van der Waals surface area contributed by atoms with Gasteiger partial charge in [-0.2, -0.15) is 9.78 Å². The third-order valence-electron chi connectivity index (χ3n) is 5.94. The highest BCUT2D eigenvalue weighted by atomic mass is 32.2. The lowest BCUT2D eigenvalue weighted by atomic mass is 10.1. The first-order chi connectivity index (χ1) is 17.1. The minimum absolute atomic E-state index is 0.0261. The first-order valence-corrected chi connectivity index (χ1v) is 13.1. The molecule has 10 nitrogen and oxygen atoms in total. The van der Waals surface area contributed by atoms with Crippen molar-refractivity contribution >= 4 is 27.6 Å². The Hall–Kier alpha value is -3.70. The maximum Gasteiger partial charge on any atom is 0.356 e. The van der Waals surface area contributed by atoms with Crippen molar-refractivity contribution in [1.29, 1.82) is 0 Å². The van der Waals surface area contributed by atoms with E-state index in [4.69, 9.17) is 4.74 Å². The van der Waals surface area contributed by atoms with Crippen molar-refractivity contribution in [3.8, 4) is 17.3 Å². The Labute approximate surface area is 209 Å². The molecule has 1 aromatic heterocycles. The monoisotopic (exact) mass is 512 g/mol. The molecule has 0 radical (unpaired) electrons. The summed E-state index contributed by atoms with van der Waals surface area (Å²) in [4.78, 5) is 24.0. The average Bonchev–Trinajstić information content (AvgIpc) is 3.60. The van der Waals surface area contributed by atoms with Gasteiger partial charge in [0.1, 0.15) is 10.6 Å². The van der Waals surface area contributed by atoms with Crippen molar-refractivity contribution in [2.45, 2.75) is 51.0 Å². The van der Waals surface area contributed by atoms with Crippen LogP contribution in [-0.2, 0) is 14.8 Å². The fourth-order valence-corrected chi connectivity index (χ4v) is 4.93. The number of carboxylic acids is 1. The van der Waals surface area contributed by atoms with Crippen molar-refractivity contribution in [3.63, 3.8) is 0 Å². The van der Waals surface area contributed by atoms with Crippen LogP contribution in [0.25, 0.3) is 5.69 Å². The van der Waals surface area contributed by atoms with Crippen molar-refractivity contribution in [1.82, 2.24) is 14.5 Å². The number of nitrogens with zero attached hydrogens (tertiary/aromatic N) is 2. The normalized spacial score (nSPS) is 14.3. The Kier molecular flexibility index (Phi) is 7.14. The number of aromatic nitrogens is 2. The SMILES string of the molecule is CCC(C)C(=O)Nc1ccc(Oc2c(C)c(C(=O)O)nn2-c2ccccc2)c(S(=O)(=O)NC2CC2)c1. The number of benzene rings is 2. The molecule has 0 bridgehead atoms. The number of rotatable bonds is 10. The van der Waals surface area contributed by atoms with E-state index >= 15 is 0 Å². The van der Waals surface area contributed by atoms with E-state index in [2.05, 4.69) is 15.1 Å². The first-order valence-electron chi connectivity index (χ1n) is 11.6. The Morgan fingerprint density at radius 2 is 1.89 bits per heavy atom. The number of nitrogens with one attached hydrogen (secondary N) is 2. The maximum absolute atomic E-state index is 13.3. The van der Waals surface area contributed by atoms with E-state index in [9.17, 15) is 23.1 Å². The number of carbonyl (C=O) groups is 2. The molecule has 1 atom stereocenters. The van der Waals surface area contributed by atoms with Crippen LogP contribution in [0.1, 0.15) is 49.2 Å². The fraction of sp³-hybridized carbons (Fsp3) is 0.320. The predicted octanol–water partition coefficient (Wildman–Crippen LogP) is 4.10. The minimum Gasteiger partial charge on any atom is -0.476 e. The van der Waals surface area contributed by atoms with Gasteiger partial charge in [0.25, 0.3) is 0 Å². The summed E-state index contributed by atoms with van der Waals surface area (Å²) in [5.74, 6) is -1.67. The van der Waals surface area contributed by atoms with Crippen molar-refractivity contribution in [2.24, 2.45) is 5.92 Å². The lowest BCUT2D eigenvalue weighted by Crippen LogP contribution is -2.26. The van der Waals surface area contributed by atoms with E-state index in [1.54, 1.807) is 50.2 Å². The molecule has 1 heterocycles. The van der Waals surface area contributed by atoms with E-state index in [0.717, 1.165) is 12.8 Å². The summed E-state index contributed by atoms with van der Waals surface area (Å²) in [6, 6.07) is 13.0. The number of amides is 1. The van der Waals surface area contributed by atoms with Gasteiger partial charge in [0.15, 0.2) is 5.69 Å². The second-order valence-electron chi connectivity index (χ2n) is 8.79. The van der Waals surface area contributed by atoms with Crippen LogP contribution in [0.5, 0.6) is 11.6 Å². The summed E-state index contributed by atoms with van der Waals surface area (Å²) in [5, 5.41) is 16.5. The minimum atomic E-state index is -4.00. The Morgan fingerprint density at radius 3 is 2.50 bits per heavy atom. The molecule has 1 unspecified atom stereocenters. The van der Waals surface area contributed by atoms with Gasteiger partial charge >= 0.3 is 5.97 Å². The van der Waals surface area contributed by atoms with Gasteiger partial charge < -0.3 is 15.2 Å². The summed E-state index contributed by atoms with van der Waals surface area (Å²) < 4.78 is 36.5. The quantitative estimate of drug-likeness (QED) is 0.372. The zero-order chi connectivity index (χ0) is 26.0. The first kappa shape index (κ1) is 25.4. The lowest BCUT2D eigenvalue weighted by molar-refractivity contribution is -0.119. The summed E-state index contributed by atoms with van der Waals surface area (Å²) in [6.45, 7) is 5.22. The molecule has 3 aromatic rings. The lowest BCUT2D eigenvalue weighted by Gasteiger charge is -2.16. The van der Waals surface area contributed by atoms with Crippen LogP contribution >= 0.6 is 0 Å². The Bertz CT molecular complexity index is 1400. The van der Waals surface area contributed by atoms with Crippen LogP contribution in [0.2, 0.25) is 0 Å². The average molecular weight is 513 g/mol. The summed E-state index contributed by atoms with van der Waals surface area (Å²) >= 11 is 0. The van der Waals surface area contributed by atoms with Crippen LogP contribution in [0, 0.1) is 12.8 Å². The Morgan fingerprint density at radius 1 is 1.19 bits per heavy atom. The number of aromatic carboxylic acids is 1. The third kappa shape index (κ3) is 5.42. The van der Waals surface area contributed by atoms with Crippen LogP contribution in [0.15, 0.2) is 53.4 Å². The Balaban J connectivity index is 1.80. The van der Waals surface area contributed by atoms with Crippen molar-refractivity contribution in [2.75, 3.05) is 5.32 Å². The molecule has 1 amide bonds. The number of para-hydroxylation sites is 1.